The Bertz CT molecular complexity index is 490. The van der Waals surface area contributed by atoms with E-state index in [-0.39, 0.29) is 5.91 Å². The number of methoxy groups -OCH3 is 1. The van der Waals surface area contributed by atoms with Crippen molar-refractivity contribution in [2.75, 3.05) is 12.4 Å². The topological polar surface area (TPSA) is 62.1 Å². The number of amides is 1. The molecule has 5 heteroatoms. The Morgan fingerprint density at radius 2 is 2.28 bits per heavy atom. The van der Waals surface area contributed by atoms with E-state index in [4.69, 9.17) is 10.00 Å². The molecule has 96 valence electrons. The minimum atomic E-state index is -0.854. The van der Waals surface area contributed by atoms with Crippen LogP contribution >= 0.6 is 15.9 Å². The molecule has 0 aliphatic carbocycles. The fourth-order valence-electron chi connectivity index (χ4n) is 1.34. The van der Waals surface area contributed by atoms with Gasteiger partial charge in [-0.1, -0.05) is 6.92 Å². The second-order valence-electron chi connectivity index (χ2n) is 4.05. The van der Waals surface area contributed by atoms with Gasteiger partial charge >= 0.3 is 0 Å². The van der Waals surface area contributed by atoms with Crippen LogP contribution in [-0.2, 0) is 9.53 Å². The van der Waals surface area contributed by atoms with Gasteiger partial charge in [0.25, 0.3) is 5.91 Å². The SMILES string of the molecule is CCC(C)(OC)C(=O)Nc1ccc(C#N)cc1Br. The Morgan fingerprint density at radius 1 is 1.61 bits per heavy atom. The highest BCUT2D eigenvalue weighted by atomic mass is 79.9. The highest BCUT2D eigenvalue weighted by Gasteiger charge is 2.31. The lowest BCUT2D eigenvalue weighted by Crippen LogP contribution is -2.41. The Hall–Kier alpha value is -1.38. The zero-order valence-electron chi connectivity index (χ0n) is 10.6. The fraction of sp³-hybridized carbons (Fsp3) is 0.385. The van der Waals surface area contributed by atoms with Gasteiger partial charge < -0.3 is 10.1 Å². The first-order valence-corrected chi connectivity index (χ1v) is 6.32. The van der Waals surface area contributed by atoms with Gasteiger partial charge in [0, 0.05) is 11.6 Å². The number of nitriles is 1. The normalized spacial score (nSPS) is 13.5. The van der Waals surface area contributed by atoms with Crippen LogP contribution in [0.2, 0.25) is 0 Å². The number of nitrogens with one attached hydrogen (secondary N) is 1. The number of ether oxygens (including phenoxy) is 1. The lowest BCUT2D eigenvalue weighted by Gasteiger charge is -2.25. The molecule has 0 radical (unpaired) electrons. The average Bonchev–Trinajstić information content (AvgIpc) is 2.39. The maximum absolute atomic E-state index is 12.1. The summed E-state index contributed by atoms with van der Waals surface area (Å²) >= 11 is 3.32. The first kappa shape index (κ1) is 14.7. The summed E-state index contributed by atoms with van der Waals surface area (Å²) in [6.07, 6.45) is 0.573. The number of benzene rings is 1. The van der Waals surface area contributed by atoms with Crippen molar-refractivity contribution >= 4 is 27.5 Å². The predicted molar refractivity (Wildman–Crippen MR) is 73.2 cm³/mol. The van der Waals surface area contributed by atoms with Crippen LogP contribution in [0, 0.1) is 11.3 Å². The molecule has 0 aliphatic rings. The molecule has 1 unspecified atom stereocenters. The zero-order chi connectivity index (χ0) is 13.8. The highest BCUT2D eigenvalue weighted by molar-refractivity contribution is 9.10. The number of halogens is 1. The Labute approximate surface area is 115 Å². The number of carbonyl (C=O) groups is 1. The summed E-state index contributed by atoms with van der Waals surface area (Å²) in [5.41, 5.74) is 0.299. The fourth-order valence-corrected chi connectivity index (χ4v) is 1.82. The van der Waals surface area contributed by atoms with E-state index in [2.05, 4.69) is 21.2 Å². The summed E-state index contributed by atoms with van der Waals surface area (Å²) < 4.78 is 5.90. The van der Waals surface area contributed by atoms with Gasteiger partial charge in [0.05, 0.1) is 17.3 Å². The maximum atomic E-state index is 12.1. The molecule has 1 N–H and O–H groups in total. The minimum absolute atomic E-state index is 0.210. The molecule has 1 aromatic rings. The van der Waals surface area contributed by atoms with Gasteiger partial charge in [-0.25, -0.2) is 0 Å². The average molecular weight is 311 g/mol. The predicted octanol–water partition coefficient (Wildman–Crippen LogP) is 3.07. The van der Waals surface area contributed by atoms with Crippen LogP contribution < -0.4 is 5.32 Å². The van der Waals surface area contributed by atoms with E-state index in [0.717, 1.165) is 0 Å². The lowest BCUT2D eigenvalue weighted by molar-refractivity contribution is -0.136. The molecule has 1 rings (SSSR count). The summed E-state index contributed by atoms with van der Waals surface area (Å²) in [5, 5.41) is 11.5. The van der Waals surface area contributed by atoms with Gasteiger partial charge in [-0.05, 0) is 47.5 Å². The first-order valence-electron chi connectivity index (χ1n) is 5.53. The van der Waals surface area contributed by atoms with Crippen LogP contribution in [0.15, 0.2) is 22.7 Å². The molecular weight excluding hydrogens is 296 g/mol. The van der Waals surface area contributed by atoms with Gasteiger partial charge in [0.2, 0.25) is 0 Å². The van der Waals surface area contributed by atoms with E-state index in [0.29, 0.717) is 22.1 Å². The van der Waals surface area contributed by atoms with Crippen molar-refractivity contribution in [2.24, 2.45) is 0 Å². The summed E-state index contributed by atoms with van der Waals surface area (Å²) in [6.45, 7) is 3.62. The van der Waals surface area contributed by atoms with Crippen molar-refractivity contribution in [2.45, 2.75) is 25.9 Å². The molecule has 0 fully saturated rings. The van der Waals surface area contributed by atoms with E-state index in [1.54, 1.807) is 25.1 Å². The zero-order valence-corrected chi connectivity index (χ0v) is 12.2. The molecule has 0 aromatic heterocycles. The quantitative estimate of drug-likeness (QED) is 0.929. The second kappa shape index (κ2) is 5.98. The van der Waals surface area contributed by atoms with Crippen molar-refractivity contribution in [3.05, 3.63) is 28.2 Å². The van der Waals surface area contributed by atoms with Gasteiger partial charge in [-0.15, -0.1) is 0 Å². The molecule has 0 saturated carbocycles. The van der Waals surface area contributed by atoms with Gasteiger partial charge in [-0.3, -0.25) is 4.79 Å². The third-order valence-electron chi connectivity index (χ3n) is 2.95. The molecule has 1 atom stereocenters. The second-order valence-corrected chi connectivity index (χ2v) is 4.90. The van der Waals surface area contributed by atoms with E-state index < -0.39 is 5.60 Å². The first-order chi connectivity index (χ1) is 8.46. The van der Waals surface area contributed by atoms with Crippen molar-refractivity contribution in [1.29, 1.82) is 5.26 Å². The maximum Gasteiger partial charge on any atom is 0.256 e. The Morgan fingerprint density at radius 3 is 2.72 bits per heavy atom. The number of anilines is 1. The Kier molecular flexibility index (Phi) is 4.88. The van der Waals surface area contributed by atoms with Crippen LogP contribution in [0.1, 0.15) is 25.8 Å². The van der Waals surface area contributed by atoms with Crippen molar-refractivity contribution in [3.8, 4) is 6.07 Å². The molecule has 0 saturated heterocycles. The molecule has 1 amide bonds. The monoisotopic (exact) mass is 310 g/mol. The summed E-state index contributed by atoms with van der Waals surface area (Å²) in [5.74, 6) is -0.210. The molecular formula is C13H15BrN2O2. The van der Waals surface area contributed by atoms with E-state index in [9.17, 15) is 4.79 Å². The molecule has 18 heavy (non-hydrogen) atoms. The van der Waals surface area contributed by atoms with Crippen LogP contribution in [0.25, 0.3) is 0 Å². The summed E-state index contributed by atoms with van der Waals surface area (Å²) in [4.78, 5) is 12.1. The van der Waals surface area contributed by atoms with Crippen molar-refractivity contribution in [3.63, 3.8) is 0 Å². The van der Waals surface area contributed by atoms with Crippen LogP contribution in [0.4, 0.5) is 5.69 Å². The summed E-state index contributed by atoms with van der Waals surface area (Å²) in [6, 6.07) is 7.03. The largest absolute Gasteiger partial charge is 0.369 e. The molecule has 4 nitrogen and oxygen atoms in total. The molecule has 0 bridgehead atoms. The minimum Gasteiger partial charge on any atom is -0.369 e. The number of nitrogens with zero attached hydrogens (tertiary/aromatic N) is 1. The van der Waals surface area contributed by atoms with E-state index in [1.165, 1.54) is 7.11 Å². The van der Waals surface area contributed by atoms with Crippen LogP contribution in [-0.4, -0.2) is 18.6 Å². The van der Waals surface area contributed by atoms with Crippen LogP contribution in [0.3, 0.4) is 0 Å². The van der Waals surface area contributed by atoms with E-state index in [1.807, 2.05) is 13.0 Å². The molecule has 0 heterocycles. The van der Waals surface area contributed by atoms with Gasteiger partial charge in [0.15, 0.2) is 0 Å². The highest BCUT2D eigenvalue weighted by Crippen LogP contribution is 2.25. The van der Waals surface area contributed by atoms with E-state index >= 15 is 0 Å². The van der Waals surface area contributed by atoms with Crippen LogP contribution in [0.5, 0.6) is 0 Å². The molecule has 1 aromatic carbocycles. The summed E-state index contributed by atoms with van der Waals surface area (Å²) in [7, 11) is 1.51. The molecule has 0 spiro atoms. The van der Waals surface area contributed by atoms with Gasteiger partial charge in [0.1, 0.15) is 5.60 Å². The third kappa shape index (κ3) is 3.09. The number of hydrogen-bond donors (Lipinski definition) is 1. The standard InChI is InChI=1S/C13H15BrN2O2/c1-4-13(2,18-3)12(17)16-11-6-5-9(8-15)7-10(11)14/h5-7H,4H2,1-3H3,(H,16,17). The van der Waals surface area contributed by atoms with Crippen molar-refractivity contribution in [1.82, 2.24) is 0 Å². The number of hydrogen-bond acceptors (Lipinski definition) is 3. The Balaban J connectivity index is 2.92. The number of carbonyl (C=O) groups excluding carboxylic acids is 1. The third-order valence-corrected chi connectivity index (χ3v) is 3.61. The van der Waals surface area contributed by atoms with Crippen molar-refractivity contribution < 1.29 is 9.53 Å². The van der Waals surface area contributed by atoms with Gasteiger partial charge in [-0.2, -0.15) is 5.26 Å². The molecule has 0 aliphatic heterocycles. The smallest absolute Gasteiger partial charge is 0.256 e. The lowest BCUT2D eigenvalue weighted by atomic mass is 10.0. The number of rotatable bonds is 4.